The number of primary amides is 1. The summed E-state index contributed by atoms with van der Waals surface area (Å²) in [6.45, 7) is 5.76. The van der Waals surface area contributed by atoms with E-state index < -0.39 is 30.1 Å². The van der Waals surface area contributed by atoms with E-state index in [0.29, 0.717) is 116 Å². The number of nitrogens with one attached hydrogen (secondary N) is 7. The number of unbranched alkanes of at least 4 members (excludes halogenated alkanes) is 20. The quantitative estimate of drug-likeness (QED) is 0.0370. The largest absolute Gasteiger partial charge is 0.368 e. The van der Waals surface area contributed by atoms with Crippen LogP contribution in [0.25, 0.3) is 0 Å². The van der Waals surface area contributed by atoms with Crippen molar-refractivity contribution in [1.29, 1.82) is 0 Å². The molecule has 0 aromatic rings. The van der Waals surface area contributed by atoms with Gasteiger partial charge in [-0.05, 0) is 148 Å². The van der Waals surface area contributed by atoms with Crippen LogP contribution in [0.5, 0.6) is 0 Å². The van der Waals surface area contributed by atoms with Gasteiger partial charge in [0, 0.05) is 45.3 Å². The zero-order valence-corrected chi connectivity index (χ0v) is 47.4. The van der Waals surface area contributed by atoms with Crippen molar-refractivity contribution in [2.75, 3.05) is 45.8 Å². The van der Waals surface area contributed by atoms with Gasteiger partial charge in [-0.25, -0.2) is 0 Å². The maximum Gasteiger partial charge on any atom is 0.242 e. The number of amides is 8. The highest BCUT2D eigenvalue weighted by molar-refractivity contribution is 5.89. The van der Waals surface area contributed by atoms with Gasteiger partial charge in [0.25, 0.3) is 0 Å². The third-order valence-electron chi connectivity index (χ3n) is 13.6. The molecule has 76 heavy (non-hydrogen) atoms. The van der Waals surface area contributed by atoms with Gasteiger partial charge in [0.2, 0.25) is 47.3 Å². The van der Waals surface area contributed by atoms with E-state index in [4.69, 9.17) is 28.7 Å². The van der Waals surface area contributed by atoms with Crippen molar-refractivity contribution < 1.29 is 38.4 Å². The molecule has 0 fully saturated rings. The first-order valence-corrected chi connectivity index (χ1v) is 29.9. The molecule has 4 unspecified atom stereocenters. The van der Waals surface area contributed by atoms with Crippen LogP contribution in [0.2, 0.25) is 0 Å². The molecule has 0 radical (unpaired) electrons. The van der Waals surface area contributed by atoms with Crippen LogP contribution in [-0.2, 0) is 38.4 Å². The van der Waals surface area contributed by atoms with Crippen molar-refractivity contribution in [3.63, 3.8) is 0 Å². The Balaban J connectivity index is 4.47. The van der Waals surface area contributed by atoms with Gasteiger partial charge in [-0.3, -0.25) is 38.4 Å². The van der Waals surface area contributed by atoms with Crippen LogP contribution in [-0.4, -0.2) is 117 Å². The molecule has 4 atom stereocenters. The number of hydrogen-bond acceptors (Lipinski definition) is 12. The lowest BCUT2D eigenvalue weighted by Crippen LogP contribution is -2.47. The van der Waals surface area contributed by atoms with E-state index in [0.717, 1.165) is 154 Å². The lowest BCUT2D eigenvalue weighted by Gasteiger charge is -2.19. The highest BCUT2D eigenvalue weighted by Crippen LogP contribution is 2.12. The number of carbonyl (C=O) groups is 8. The van der Waals surface area contributed by atoms with E-state index in [9.17, 15) is 38.4 Å². The first-order chi connectivity index (χ1) is 36.8. The third kappa shape index (κ3) is 42.7. The Labute approximate surface area is 458 Å². The molecule has 8 amide bonds. The summed E-state index contributed by atoms with van der Waals surface area (Å²) in [7, 11) is 0. The molecule has 0 aliphatic heterocycles. The summed E-state index contributed by atoms with van der Waals surface area (Å²) >= 11 is 0. The minimum atomic E-state index is -0.670. The molecule has 0 bridgehead atoms. The summed E-state index contributed by atoms with van der Waals surface area (Å²) in [5.74, 6) is -1.65. The summed E-state index contributed by atoms with van der Waals surface area (Å²) in [4.78, 5) is 101. The van der Waals surface area contributed by atoms with E-state index >= 15 is 0 Å². The summed E-state index contributed by atoms with van der Waals surface area (Å²) in [5.41, 5.74) is 28.0. The van der Waals surface area contributed by atoms with Gasteiger partial charge in [-0.2, -0.15) is 0 Å². The Hall–Kier alpha value is -4.40. The predicted molar refractivity (Wildman–Crippen MR) is 304 cm³/mol. The second kappa shape index (κ2) is 51.4. The van der Waals surface area contributed by atoms with E-state index in [1.165, 1.54) is 6.42 Å². The number of hydrogen-bond donors (Lipinski definition) is 12. The van der Waals surface area contributed by atoms with Crippen molar-refractivity contribution in [3.8, 4) is 0 Å². The predicted octanol–water partition coefficient (Wildman–Crippen LogP) is 4.66. The molecule has 20 nitrogen and oxygen atoms in total. The number of rotatable bonds is 54. The van der Waals surface area contributed by atoms with Crippen LogP contribution in [0.15, 0.2) is 0 Å². The Morgan fingerprint density at radius 2 is 0.539 bits per heavy atom. The Morgan fingerprint density at radius 3 is 0.803 bits per heavy atom. The molecule has 0 aromatic carbocycles. The molecule has 0 heterocycles. The molecular weight excluding hydrogens is 969 g/mol. The summed E-state index contributed by atoms with van der Waals surface area (Å²) < 4.78 is 0. The fraction of sp³-hybridized carbons (Fsp3) is 0.857. The molecule has 0 spiro atoms. The maximum absolute atomic E-state index is 13.2. The van der Waals surface area contributed by atoms with Gasteiger partial charge >= 0.3 is 0 Å². The summed E-state index contributed by atoms with van der Waals surface area (Å²) in [5, 5.41) is 20.5. The smallest absolute Gasteiger partial charge is 0.242 e. The maximum atomic E-state index is 13.2. The Morgan fingerprint density at radius 1 is 0.303 bits per heavy atom. The highest BCUT2D eigenvalue weighted by Gasteiger charge is 2.23. The highest BCUT2D eigenvalue weighted by atomic mass is 16.2. The van der Waals surface area contributed by atoms with Crippen LogP contribution in [0.4, 0.5) is 0 Å². The zero-order valence-electron chi connectivity index (χ0n) is 47.4. The number of carbonyl (C=O) groups excluding carboxylic acids is 8. The average molecular weight is 1080 g/mol. The molecule has 0 aliphatic carbocycles. The lowest BCUT2D eigenvalue weighted by atomic mass is 10.1. The van der Waals surface area contributed by atoms with Crippen molar-refractivity contribution in [2.45, 2.75) is 262 Å². The third-order valence-corrected chi connectivity index (χ3v) is 13.6. The van der Waals surface area contributed by atoms with Gasteiger partial charge in [-0.1, -0.05) is 90.4 Å². The topological polar surface area (TPSA) is 351 Å². The normalized spacial score (nSPS) is 12.7. The van der Waals surface area contributed by atoms with Gasteiger partial charge < -0.3 is 65.9 Å². The molecular formula is C56H110N12O8. The van der Waals surface area contributed by atoms with Crippen molar-refractivity contribution in [3.05, 3.63) is 0 Å². The van der Waals surface area contributed by atoms with Crippen LogP contribution < -0.4 is 65.9 Å². The second-order valence-electron chi connectivity index (χ2n) is 20.6. The van der Waals surface area contributed by atoms with Crippen LogP contribution in [0.1, 0.15) is 238 Å². The van der Waals surface area contributed by atoms with Crippen LogP contribution >= 0.6 is 0 Å². The first-order valence-electron chi connectivity index (χ1n) is 29.9. The van der Waals surface area contributed by atoms with Gasteiger partial charge in [0.05, 0.1) is 0 Å². The molecule has 0 saturated carbocycles. The fourth-order valence-electron chi connectivity index (χ4n) is 8.85. The van der Waals surface area contributed by atoms with Crippen LogP contribution in [0.3, 0.4) is 0 Å². The van der Waals surface area contributed by atoms with E-state index in [1.54, 1.807) is 0 Å². The standard InChI is InChI=1S/C56H110N12O8/c1-2-3-4-8-15-35-50(70)66-46(31-20-24-39-58)54(74)62-43-28-13-6-10-17-37-52(72)68-48(33-22-26-41-60)56(76)64-44-29-14-7-11-18-36-51(71)67-47(32-21-25-40-59)55(75)63-42-27-12-5-9-16-34-49(69)65-45(53(61)73)30-19-23-38-57/h45-48H,2-44,57-60H2,1H3,(H2,61,73)(H,62,74)(H,63,75)(H,64,76)(H,65,69)(H,66,70)(H,67,71)(H,68,72). The lowest BCUT2D eigenvalue weighted by molar-refractivity contribution is -0.129. The van der Waals surface area contributed by atoms with E-state index in [2.05, 4.69) is 44.1 Å². The minimum Gasteiger partial charge on any atom is -0.368 e. The second-order valence-corrected chi connectivity index (χ2v) is 20.6. The Bertz CT molecular complexity index is 1540. The van der Waals surface area contributed by atoms with Gasteiger partial charge in [-0.15, -0.1) is 0 Å². The molecule has 442 valence electrons. The van der Waals surface area contributed by atoms with Crippen molar-refractivity contribution >= 4 is 47.3 Å². The fourth-order valence-corrected chi connectivity index (χ4v) is 8.85. The van der Waals surface area contributed by atoms with Crippen molar-refractivity contribution in [2.24, 2.45) is 28.7 Å². The van der Waals surface area contributed by atoms with Crippen LogP contribution in [0, 0.1) is 0 Å². The Kier molecular flexibility index (Phi) is 48.4. The summed E-state index contributed by atoms with van der Waals surface area (Å²) in [6.07, 6.45) is 27.1. The van der Waals surface area contributed by atoms with Crippen molar-refractivity contribution in [1.82, 2.24) is 37.2 Å². The molecule has 17 N–H and O–H groups in total. The van der Waals surface area contributed by atoms with Gasteiger partial charge in [0.15, 0.2) is 0 Å². The minimum absolute atomic E-state index is 0.0771. The van der Waals surface area contributed by atoms with E-state index in [-0.39, 0.29) is 41.4 Å². The molecule has 20 heteroatoms. The molecule has 0 saturated heterocycles. The SMILES string of the molecule is CCCCCCCC(=O)NC(CCCCN)C(=O)NCCCCCCCC(=O)NC(CCCCN)C(=O)NCCCCCCCC(=O)NC(CCCCN)C(=O)NCCCCCCCC(=O)NC(CCCCN)C(N)=O. The number of nitrogens with two attached hydrogens (primary N) is 5. The van der Waals surface area contributed by atoms with E-state index in [1.807, 2.05) is 0 Å². The zero-order chi connectivity index (χ0) is 56.3. The first kappa shape index (κ1) is 71.6. The monoisotopic (exact) mass is 1080 g/mol. The average Bonchev–Trinajstić information content (AvgIpc) is 3.39. The summed E-state index contributed by atoms with van der Waals surface area (Å²) in [6, 6.07) is -2.46. The molecule has 0 aliphatic rings. The molecule has 0 rings (SSSR count). The molecule has 0 aromatic heterocycles. The van der Waals surface area contributed by atoms with Gasteiger partial charge in [0.1, 0.15) is 24.2 Å².